The van der Waals surface area contributed by atoms with E-state index in [-0.39, 0.29) is 5.56 Å². The molecule has 0 aliphatic heterocycles. The van der Waals surface area contributed by atoms with Crippen LogP contribution in [0.1, 0.15) is 0 Å². The third kappa shape index (κ3) is 1.17. The van der Waals surface area contributed by atoms with Gasteiger partial charge in [0.05, 0.1) is 17.2 Å². The molecule has 72 valence electrons. The number of H-pyrrole nitrogens is 1. The van der Waals surface area contributed by atoms with Crippen molar-refractivity contribution in [2.24, 2.45) is 0 Å². The van der Waals surface area contributed by atoms with Crippen molar-refractivity contribution in [2.75, 3.05) is 0 Å². The highest BCUT2D eigenvalue weighted by molar-refractivity contribution is 5.89. The van der Waals surface area contributed by atoms with E-state index in [0.29, 0.717) is 11.0 Å². The molecule has 0 aliphatic rings. The number of hydrogen-bond acceptors (Lipinski definition) is 4. The van der Waals surface area contributed by atoms with E-state index in [0.717, 1.165) is 10.9 Å². The van der Waals surface area contributed by atoms with Crippen LogP contribution >= 0.6 is 0 Å². The predicted molar refractivity (Wildman–Crippen MR) is 55.5 cm³/mol. The van der Waals surface area contributed by atoms with Crippen molar-refractivity contribution < 1.29 is 0 Å². The van der Waals surface area contributed by atoms with Crippen LogP contribution in [0.3, 0.4) is 0 Å². The Morgan fingerprint density at radius 1 is 1.33 bits per heavy atom. The molecule has 15 heavy (non-hydrogen) atoms. The third-order valence-electron chi connectivity index (χ3n) is 2.22. The molecule has 0 radical (unpaired) electrons. The number of nitrogens with one attached hydrogen (secondary N) is 1. The van der Waals surface area contributed by atoms with Gasteiger partial charge in [-0.2, -0.15) is 0 Å². The van der Waals surface area contributed by atoms with E-state index in [1.54, 1.807) is 24.5 Å². The molecule has 0 atom stereocenters. The molecule has 0 amide bonds. The summed E-state index contributed by atoms with van der Waals surface area (Å²) in [7, 11) is 0. The van der Waals surface area contributed by atoms with E-state index in [4.69, 9.17) is 0 Å². The van der Waals surface area contributed by atoms with Gasteiger partial charge in [-0.15, -0.1) is 0 Å². The molecule has 3 rings (SSSR count). The molecule has 3 aromatic heterocycles. The SMILES string of the molecule is O=c1[nH]cnc2nc3ccncc3cc12. The molecular weight excluding hydrogens is 192 g/mol. The molecule has 0 saturated carbocycles. The Bertz CT molecular complexity index is 704. The first-order valence-electron chi connectivity index (χ1n) is 4.43. The first-order chi connectivity index (χ1) is 7.34. The van der Waals surface area contributed by atoms with Crippen LogP contribution in [0.4, 0.5) is 0 Å². The van der Waals surface area contributed by atoms with E-state index in [1.165, 1.54) is 6.33 Å². The molecule has 0 fully saturated rings. The number of aromatic nitrogens is 4. The van der Waals surface area contributed by atoms with Crippen LogP contribution in [0.25, 0.3) is 21.9 Å². The normalized spacial score (nSPS) is 10.9. The lowest BCUT2D eigenvalue weighted by Gasteiger charge is -1.98. The van der Waals surface area contributed by atoms with Crippen LogP contribution in [0.5, 0.6) is 0 Å². The van der Waals surface area contributed by atoms with Crippen molar-refractivity contribution in [3.05, 3.63) is 41.2 Å². The largest absolute Gasteiger partial charge is 0.313 e. The highest BCUT2D eigenvalue weighted by Gasteiger charge is 2.02. The monoisotopic (exact) mass is 198 g/mol. The Morgan fingerprint density at radius 2 is 2.27 bits per heavy atom. The van der Waals surface area contributed by atoms with Gasteiger partial charge in [-0.3, -0.25) is 9.78 Å². The summed E-state index contributed by atoms with van der Waals surface area (Å²) in [5.41, 5.74) is 1.06. The van der Waals surface area contributed by atoms with Gasteiger partial charge in [-0.25, -0.2) is 9.97 Å². The molecule has 3 heterocycles. The van der Waals surface area contributed by atoms with Crippen LogP contribution in [0.15, 0.2) is 35.6 Å². The molecule has 0 aliphatic carbocycles. The van der Waals surface area contributed by atoms with Gasteiger partial charge in [-0.05, 0) is 12.1 Å². The lowest BCUT2D eigenvalue weighted by molar-refractivity contribution is 1.15. The van der Waals surface area contributed by atoms with Crippen molar-refractivity contribution in [3.8, 4) is 0 Å². The Labute approximate surface area is 83.8 Å². The second-order valence-corrected chi connectivity index (χ2v) is 3.16. The zero-order valence-electron chi connectivity index (χ0n) is 7.64. The molecule has 1 N–H and O–H groups in total. The summed E-state index contributed by atoms with van der Waals surface area (Å²) in [4.78, 5) is 26.2. The predicted octanol–water partition coefficient (Wildman–Crippen LogP) is 0.866. The van der Waals surface area contributed by atoms with Crippen molar-refractivity contribution in [2.45, 2.75) is 0 Å². The van der Waals surface area contributed by atoms with Gasteiger partial charge in [0.15, 0.2) is 5.65 Å². The molecule has 5 heteroatoms. The molecule has 5 nitrogen and oxygen atoms in total. The number of rotatable bonds is 0. The first-order valence-corrected chi connectivity index (χ1v) is 4.43. The summed E-state index contributed by atoms with van der Waals surface area (Å²) < 4.78 is 0. The zero-order valence-corrected chi connectivity index (χ0v) is 7.64. The number of aromatic amines is 1. The van der Waals surface area contributed by atoms with Gasteiger partial charge >= 0.3 is 0 Å². The summed E-state index contributed by atoms with van der Waals surface area (Å²) in [6.45, 7) is 0. The Kier molecular flexibility index (Phi) is 1.53. The van der Waals surface area contributed by atoms with Crippen LogP contribution in [-0.2, 0) is 0 Å². The average Bonchev–Trinajstić information content (AvgIpc) is 2.27. The van der Waals surface area contributed by atoms with Crippen molar-refractivity contribution in [3.63, 3.8) is 0 Å². The fraction of sp³-hybridized carbons (Fsp3) is 0. The third-order valence-corrected chi connectivity index (χ3v) is 2.22. The van der Waals surface area contributed by atoms with Crippen molar-refractivity contribution >= 4 is 21.9 Å². The van der Waals surface area contributed by atoms with E-state index >= 15 is 0 Å². The smallest absolute Gasteiger partial charge is 0.260 e. The fourth-order valence-corrected chi connectivity index (χ4v) is 1.50. The molecule has 0 unspecified atom stereocenters. The lowest BCUT2D eigenvalue weighted by atomic mass is 10.2. The van der Waals surface area contributed by atoms with Crippen LogP contribution < -0.4 is 5.56 Å². The van der Waals surface area contributed by atoms with Gasteiger partial charge in [-0.1, -0.05) is 0 Å². The first kappa shape index (κ1) is 8.05. The standard InChI is InChI=1S/C10H6N4O/c15-10-7-3-6-4-11-2-1-8(6)14-9(7)12-5-13-10/h1-5H,(H,12,13,14,15). The topological polar surface area (TPSA) is 71.5 Å². The summed E-state index contributed by atoms with van der Waals surface area (Å²) in [5, 5.41) is 1.32. The number of hydrogen-bond donors (Lipinski definition) is 1. The average molecular weight is 198 g/mol. The summed E-state index contributed by atoms with van der Waals surface area (Å²) in [6.07, 6.45) is 4.69. The molecule has 0 aromatic carbocycles. The maximum absolute atomic E-state index is 11.5. The van der Waals surface area contributed by atoms with E-state index in [9.17, 15) is 4.79 Å². The second kappa shape index (κ2) is 2.84. The van der Waals surface area contributed by atoms with Gasteiger partial charge < -0.3 is 4.98 Å². The van der Waals surface area contributed by atoms with Gasteiger partial charge in [0.25, 0.3) is 5.56 Å². The molecule has 0 spiro atoms. The molecule has 0 bridgehead atoms. The van der Waals surface area contributed by atoms with E-state index < -0.39 is 0 Å². The van der Waals surface area contributed by atoms with Crippen molar-refractivity contribution in [1.82, 2.24) is 19.9 Å². The number of nitrogens with zero attached hydrogens (tertiary/aromatic N) is 3. The minimum atomic E-state index is -0.182. The van der Waals surface area contributed by atoms with Crippen molar-refractivity contribution in [1.29, 1.82) is 0 Å². The minimum Gasteiger partial charge on any atom is -0.313 e. The fourth-order valence-electron chi connectivity index (χ4n) is 1.50. The van der Waals surface area contributed by atoms with Crippen LogP contribution in [0.2, 0.25) is 0 Å². The Hall–Kier alpha value is -2.30. The highest BCUT2D eigenvalue weighted by Crippen LogP contribution is 2.13. The number of fused-ring (bicyclic) bond motifs is 2. The van der Waals surface area contributed by atoms with E-state index in [2.05, 4.69) is 19.9 Å². The second-order valence-electron chi connectivity index (χ2n) is 3.16. The minimum absolute atomic E-state index is 0.182. The number of pyridine rings is 2. The molecule has 3 aromatic rings. The lowest BCUT2D eigenvalue weighted by Crippen LogP contribution is -2.07. The van der Waals surface area contributed by atoms with Crippen LogP contribution in [-0.4, -0.2) is 19.9 Å². The van der Waals surface area contributed by atoms with Gasteiger partial charge in [0, 0.05) is 17.8 Å². The maximum Gasteiger partial charge on any atom is 0.260 e. The van der Waals surface area contributed by atoms with Gasteiger partial charge in [0.2, 0.25) is 0 Å². The Morgan fingerprint density at radius 3 is 3.20 bits per heavy atom. The molecule has 0 saturated heterocycles. The summed E-state index contributed by atoms with van der Waals surface area (Å²) in [6, 6.07) is 3.54. The highest BCUT2D eigenvalue weighted by atomic mass is 16.1. The van der Waals surface area contributed by atoms with Gasteiger partial charge in [0.1, 0.15) is 0 Å². The molecular formula is C10H6N4O. The summed E-state index contributed by atoms with van der Waals surface area (Å²) >= 11 is 0. The zero-order chi connectivity index (χ0) is 10.3. The summed E-state index contributed by atoms with van der Waals surface area (Å²) in [5.74, 6) is 0. The Balaban J connectivity index is 2.59. The van der Waals surface area contributed by atoms with Crippen LogP contribution in [0, 0.1) is 0 Å². The maximum atomic E-state index is 11.5. The van der Waals surface area contributed by atoms with E-state index in [1.807, 2.05) is 0 Å². The quantitative estimate of drug-likeness (QED) is 0.544.